The molecule has 2 rings (SSSR count). The molecule has 0 saturated heterocycles. The molecule has 2 aromatic carbocycles. The first-order chi connectivity index (χ1) is 10.5. The van der Waals surface area contributed by atoms with E-state index in [9.17, 15) is 9.59 Å². The molecule has 22 heavy (non-hydrogen) atoms. The lowest BCUT2D eigenvalue weighted by molar-refractivity contribution is -0.115. The standard InChI is InChI=1S/C17H19N3O2/c1-12-4-3-5-16(10-12)20-17(22)11-18-14-6-8-15(9-7-14)19-13(2)21/h3-10,18H,11H2,1-2H3,(H,19,21)(H,20,22). The molecule has 0 unspecified atom stereocenters. The van der Waals surface area contributed by atoms with Crippen molar-refractivity contribution >= 4 is 28.9 Å². The van der Waals surface area contributed by atoms with Crippen molar-refractivity contribution in [2.24, 2.45) is 0 Å². The number of hydrogen-bond donors (Lipinski definition) is 3. The summed E-state index contributed by atoms with van der Waals surface area (Å²) in [5.74, 6) is -0.227. The maximum absolute atomic E-state index is 11.9. The predicted octanol–water partition coefficient (Wildman–Crippen LogP) is 3.00. The van der Waals surface area contributed by atoms with E-state index in [1.165, 1.54) is 6.92 Å². The molecule has 3 N–H and O–H groups in total. The van der Waals surface area contributed by atoms with E-state index < -0.39 is 0 Å². The largest absolute Gasteiger partial charge is 0.376 e. The monoisotopic (exact) mass is 297 g/mol. The van der Waals surface area contributed by atoms with Gasteiger partial charge in [-0.05, 0) is 48.9 Å². The third-order valence-electron chi connectivity index (χ3n) is 2.96. The van der Waals surface area contributed by atoms with Crippen LogP contribution in [0.25, 0.3) is 0 Å². The van der Waals surface area contributed by atoms with Crippen LogP contribution in [0.2, 0.25) is 0 Å². The van der Waals surface area contributed by atoms with Crippen LogP contribution in [0.4, 0.5) is 17.1 Å². The fourth-order valence-electron chi connectivity index (χ4n) is 1.99. The van der Waals surface area contributed by atoms with Gasteiger partial charge in [0.2, 0.25) is 11.8 Å². The van der Waals surface area contributed by atoms with Crippen molar-refractivity contribution in [3.63, 3.8) is 0 Å². The lowest BCUT2D eigenvalue weighted by Crippen LogP contribution is -2.21. The summed E-state index contributed by atoms with van der Waals surface area (Å²) in [6, 6.07) is 14.8. The number of carbonyl (C=O) groups is 2. The summed E-state index contributed by atoms with van der Waals surface area (Å²) >= 11 is 0. The molecule has 0 aliphatic rings. The smallest absolute Gasteiger partial charge is 0.243 e. The van der Waals surface area contributed by atoms with Crippen LogP contribution in [-0.4, -0.2) is 18.4 Å². The third kappa shape index (κ3) is 4.94. The van der Waals surface area contributed by atoms with Crippen LogP contribution in [-0.2, 0) is 9.59 Å². The zero-order chi connectivity index (χ0) is 15.9. The zero-order valence-corrected chi connectivity index (χ0v) is 12.6. The quantitative estimate of drug-likeness (QED) is 0.794. The second kappa shape index (κ2) is 7.26. The van der Waals surface area contributed by atoms with Crippen LogP contribution < -0.4 is 16.0 Å². The van der Waals surface area contributed by atoms with Gasteiger partial charge in [-0.1, -0.05) is 12.1 Å². The highest BCUT2D eigenvalue weighted by atomic mass is 16.2. The van der Waals surface area contributed by atoms with Gasteiger partial charge in [-0.15, -0.1) is 0 Å². The van der Waals surface area contributed by atoms with E-state index in [1.807, 2.05) is 43.3 Å². The number of aryl methyl sites for hydroxylation is 1. The van der Waals surface area contributed by atoms with Crippen LogP contribution in [0.15, 0.2) is 48.5 Å². The minimum atomic E-state index is -0.114. The highest BCUT2D eigenvalue weighted by Gasteiger charge is 2.03. The van der Waals surface area contributed by atoms with Crippen molar-refractivity contribution in [1.29, 1.82) is 0 Å². The Labute approximate surface area is 129 Å². The lowest BCUT2D eigenvalue weighted by Gasteiger charge is -2.09. The van der Waals surface area contributed by atoms with Crippen molar-refractivity contribution < 1.29 is 9.59 Å². The second-order valence-corrected chi connectivity index (χ2v) is 5.03. The van der Waals surface area contributed by atoms with Gasteiger partial charge in [0.25, 0.3) is 0 Å². The molecule has 0 bridgehead atoms. The summed E-state index contributed by atoms with van der Waals surface area (Å²) in [6.07, 6.45) is 0. The molecular formula is C17H19N3O2. The Bertz CT molecular complexity index is 666. The molecule has 0 aliphatic heterocycles. The van der Waals surface area contributed by atoms with Gasteiger partial charge in [0.1, 0.15) is 0 Å². The van der Waals surface area contributed by atoms with Gasteiger partial charge in [-0.3, -0.25) is 9.59 Å². The number of benzene rings is 2. The average Bonchev–Trinajstić information content (AvgIpc) is 2.46. The lowest BCUT2D eigenvalue weighted by atomic mass is 10.2. The van der Waals surface area contributed by atoms with Crippen molar-refractivity contribution in [1.82, 2.24) is 0 Å². The second-order valence-electron chi connectivity index (χ2n) is 5.03. The normalized spacial score (nSPS) is 9.91. The summed E-state index contributed by atoms with van der Waals surface area (Å²) in [5, 5.41) is 8.56. The highest BCUT2D eigenvalue weighted by Crippen LogP contribution is 2.13. The molecule has 0 aromatic heterocycles. The van der Waals surface area contributed by atoms with E-state index >= 15 is 0 Å². The Kier molecular flexibility index (Phi) is 5.14. The molecule has 0 radical (unpaired) electrons. The fourth-order valence-corrected chi connectivity index (χ4v) is 1.99. The topological polar surface area (TPSA) is 70.2 Å². The van der Waals surface area contributed by atoms with Crippen molar-refractivity contribution in [2.75, 3.05) is 22.5 Å². The molecule has 5 heteroatoms. The van der Waals surface area contributed by atoms with Gasteiger partial charge in [-0.25, -0.2) is 0 Å². The average molecular weight is 297 g/mol. The predicted molar refractivity (Wildman–Crippen MR) is 89.0 cm³/mol. The molecule has 0 atom stereocenters. The number of carbonyl (C=O) groups excluding carboxylic acids is 2. The summed E-state index contributed by atoms with van der Waals surface area (Å²) in [7, 11) is 0. The van der Waals surface area contributed by atoms with Crippen molar-refractivity contribution in [3.8, 4) is 0 Å². The zero-order valence-electron chi connectivity index (χ0n) is 12.6. The van der Waals surface area contributed by atoms with Crippen LogP contribution in [0, 0.1) is 6.92 Å². The first-order valence-corrected chi connectivity index (χ1v) is 7.01. The first-order valence-electron chi connectivity index (χ1n) is 7.01. The number of nitrogens with one attached hydrogen (secondary N) is 3. The summed E-state index contributed by atoms with van der Waals surface area (Å²) < 4.78 is 0. The maximum Gasteiger partial charge on any atom is 0.243 e. The van der Waals surface area contributed by atoms with E-state index in [2.05, 4.69) is 16.0 Å². The van der Waals surface area contributed by atoms with Crippen LogP contribution in [0.5, 0.6) is 0 Å². The molecule has 2 aromatic rings. The van der Waals surface area contributed by atoms with Crippen LogP contribution >= 0.6 is 0 Å². The minimum Gasteiger partial charge on any atom is -0.376 e. The van der Waals surface area contributed by atoms with Gasteiger partial charge in [-0.2, -0.15) is 0 Å². The minimum absolute atomic E-state index is 0.113. The van der Waals surface area contributed by atoms with E-state index in [0.717, 1.165) is 22.6 Å². The van der Waals surface area contributed by atoms with Crippen LogP contribution in [0.3, 0.4) is 0 Å². The SMILES string of the molecule is CC(=O)Nc1ccc(NCC(=O)Nc2cccc(C)c2)cc1. The number of hydrogen-bond acceptors (Lipinski definition) is 3. The van der Waals surface area contributed by atoms with Crippen LogP contribution in [0.1, 0.15) is 12.5 Å². The molecule has 5 nitrogen and oxygen atoms in total. The van der Waals surface area contributed by atoms with E-state index in [1.54, 1.807) is 12.1 Å². The Morgan fingerprint density at radius 2 is 1.59 bits per heavy atom. The van der Waals surface area contributed by atoms with Gasteiger partial charge in [0, 0.05) is 24.0 Å². The number of rotatable bonds is 5. The summed E-state index contributed by atoms with van der Waals surface area (Å²) in [5.41, 5.74) is 3.42. The Morgan fingerprint density at radius 1 is 0.909 bits per heavy atom. The van der Waals surface area contributed by atoms with E-state index in [4.69, 9.17) is 0 Å². The summed E-state index contributed by atoms with van der Waals surface area (Å²) in [4.78, 5) is 22.8. The van der Waals surface area contributed by atoms with Crippen molar-refractivity contribution in [2.45, 2.75) is 13.8 Å². The number of amides is 2. The molecular weight excluding hydrogens is 278 g/mol. The Balaban J connectivity index is 1.84. The molecule has 0 spiro atoms. The Morgan fingerprint density at radius 3 is 2.23 bits per heavy atom. The molecule has 0 fully saturated rings. The van der Waals surface area contributed by atoms with Gasteiger partial charge in [0.15, 0.2) is 0 Å². The maximum atomic E-state index is 11.9. The highest BCUT2D eigenvalue weighted by molar-refractivity contribution is 5.94. The van der Waals surface area contributed by atoms with Gasteiger partial charge >= 0.3 is 0 Å². The third-order valence-corrected chi connectivity index (χ3v) is 2.96. The Hall–Kier alpha value is -2.82. The molecule has 0 heterocycles. The first kappa shape index (κ1) is 15.6. The van der Waals surface area contributed by atoms with Gasteiger partial charge in [0.05, 0.1) is 6.54 Å². The molecule has 0 saturated carbocycles. The summed E-state index contributed by atoms with van der Waals surface area (Å²) in [6.45, 7) is 3.61. The molecule has 0 aliphatic carbocycles. The van der Waals surface area contributed by atoms with E-state index in [-0.39, 0.29) is 18.4 Å². The van der Waals surface area contributed by atoms with E-state index in [0.29, 0.717) is 0 Å². The molecule has 2 amide bonds. The van der Waals surface area contributed by atoms with Gasteiger partial charge < -0.3 is 16.0 Å². The fraction of sp³-hybridized carbons (Fsp3) is 0.176. The molecule has 114 valence electrons. The number of anilines is 3. The van der Waals surface area contributed by atoms with Crippen molar-refractivity contribution in [3.05, 3.63) is 54.1 Å².